The second-order valence-corrected chi connectivity index (χ2v) is 19.4. The van der Waals surface area contributed by atoms with Crippen molar-refractivity contribution in [3.05, 3.63) is 75.9 Å². The third kappa shape index (κ3) is 16.2. The molecule has 2 aromatic carbocycles. The summed E-state index contributed by atoms with van der Waals surface area (Å²) >= 11 is 0.128. The van der Waals surface area contributed by atoms with Gasteiger partial charge in [-0.3, -0.25) is 9.59 Å². The minimum atomic E-state index is -0.975. The molecule has 0 spiro atoms. The number of alkyl halides is 1. The van der Waals surface area contributed by atoms with Gasteiger partial charge < -0.3 is 47.7 Å². The van der Waals surface area contributed by atoms with Crippen molar-refractivity contribution in [2.24, 2.45) is 0 Å². The van der Waals surface area contributed by atoms with Crippen LogP contribution in [0.25, 0.3) is 33.4 Å². The summed E-state index contributed by atoms with van der Waals surface area (Å²) in [6, 6.07) is 13.5. The number of hydrogen-bond acceptors (Lipinski definition) is 13. The van der Waals surface area contributed by atoms with E-state index < -0.39 is 60.2 Å². The van der Waals surface area contributed by atoms with Crippen molar-refractivity contribution in [2.75, 3.05) is 78.0 Å². The van der Waals surface area contributed by atoms with E-state index in [-0.39, 0.29) is 110 Å². The molecule has 4 amide bonds. The molecule has 0 N–H and O–H groups in total. The minimum Gasteiger partial charge on any atom is -0.492 e. The number of rotatable bonds is 9. The van der Waals surface area contributed by atoms with E-state index in [0.29, 0.717) is 22.3 Å². The highest BCUT2D eigenvalue weighted by Crippen LogP contribution is 2.42. The summed E-state index contributed by atoms with van der Waals surface area (Å²) < 4.78 is 60.6. The lowest BCUT2D eigenvalue weighted by Crippen LogP contribution is -2.52. The zero-order chi connectivity index (χ0) is 51.3. The maximum absolute atomic E-state index is 14.8. The van der Waals surface area contributed by atoms with Gasteiger partial charge in [0.15, 0.2) is 5.43 Å². The van der Waals surface area contributed by atoms with Crippen LogP contribution in [-0.2, 0) is 18.9 Å². The smallest absolute Gasteiger partial charge is 0.410 e. The zero-order valence-electron chi connectivity index (χ0n) is 41.5. The summed E-state index contributed by atoms with van der Waals surface area (Å²) in [5, 5.41) is 0.481. The molecule has 1 aliphatic carbocycles. The van der Waals surface area contributed by atoms with Crippen molar-refractivity contribution in [1.29, 1.82) is 0 Å². The van der Waals surface area contributed by atoms with Crippen LogP contribution in [0.2, 0.25) is 0 Å². The predicted molar refractivity (Wildman–Crippen MR) is 261 cm³/mol. The third-order valence-electron chi connectivity index (χ3n) is 9.96. The van der Waals surface area contributed by atoms with Crippen LogP contribution in [0.15, 0.2) is 63.8 Å². The van der Waals surface area contributed by atoms with Gasteiger partial charge in [-0.1, -0.05) is 19.9 Å². The molecule has 0 saturated carbocycles. The quantitative estimate of drug-likeness (QED) is 0.0671. The molecule has 5 rings (SSSR count). The molecule has 0 bridgehead atoms. The topological polar surface area (TPSA) is 175 Å². The number of ether oxygens (including phenoxy) is 5. The first-order valence-corrected chi connectivity index (χ1v) is 23.8. The number of benzene rings is 3. The molecule has 1 fully saturated rings. The van der Waals surface area contributed by atoms with Gasteiger partial charge in [0, 0.05) is 98.7 Å². The molecule has 2 heterocycles. The molecule has 3 aliphatic rings. The number of amides is 4. The van der Waals surface area contributed by atoms with Crippen LogP contribution >= 0.6 is 12.1 Å². The van der Waals surface area contributed by atoms with Crippen molar-refractivity contribution in [3.63, 3.8) is 0 Å². The molecular weight excluding hydrogens is 919 g/mol. The number of halogens is 2. The lowest BCUT2D eigenvalue weighted by molar-refractivity contribution is 0.00479. The number of esters is 1. The van der Waals surface area contributed by atoms with E-state index in [1.165, 1.54) is 43.9 Å². The fourth-order valence-corrected chi connectivity index (χ4v) is 7.17. The van der Waals surface area contributed by atoms with E-state index in [4.69, 9.17) is 28.1 Å². The molecule has 0 aromatic heterocycles. The van der Waals surface area contributed by atoms with Crippen LogP contribution < -0.4 is 10.2 Å². The number of carbonyl (C=O) groups excluding carboxylic acids is 5. The Morgan fingerprint density at radius 1 is 0.638 bits per heavy atom. The second-order valence-electron chi connectivity index (χ2n) is 18.7. The molecule has 1 saturated heterocycles. The van der Waals surface area contributed by atoms with Crippen LogP contribution in [0.4, 0.5) is 22.7 Å². The highest BCUT2D eigenvalue weighted by molar-refractivity contribution is 7.94. The summed E-state index contributed by atoms with van der Waals surface area (Å²) in [4.78, 5) is 87.8. The largest absolute Gasteiger partial charge is 0.492 e. The zero-order valence-corrected chi connectivity index (χ0v) is 42.3. The van der Waals surface area contributed by atoms with Crippen LogP contribution in [0.3, 0.4) is 0 Å². The molecule has 2 aliphatic heterocycles. The fraction of sp³-hybridized carbons (Fsp3) is 0.520. The Bertz CT molecular complexity index is 2400. The maximum atomic E-state index is 14.8. The Hall–Kier alpha value is -6.11. The summed E-state index contributed by atoms with van der Waals surface area (Å²) in [7, 11) is 0. The van der Waals surface area contributed by atoms with Crippen LogP contribution in [-0.4, -0.2) is 145 Å². The molecule has 19 heteroatoms. The molecular formula is C50H66F2N4O12S. The predicted octanol–water partition coefficient (Wildman–Crippen LogP) is 9.88. The summed E-state index contributed by atoms with van der Waals surface area (Å²) in [6.07, 6.45) is -2.02. The summed E-state index contributed by atoms with van der Waals surface area (Å²) in [6.45, 7) is 17.7. The van der Waals surface area contributed by atoms with Gasteiger partial charge in [-0.25, -0.2) is 23.6 Å². The molecule has 378 valence electrons. The minimum absolute atomic E-state index is 0.00499. The second kappa shape index (κ2) is 24.4. The van der Waals surface area contributed by atoms with E-state index in [1.54, 1.807) is 92.6 Å². The van der Waals surface area contributed by atoms with Crippen molar-refractivity contribution in [2.45, 2.75) is 93.0 Å². The lowest BCUT2D eigenvalue weighted by Gasteiger charge is -2.36. The Morgan fingerprint density at radius 3 is 1.61 bits per heavy atom. The monoisotopic (exact) mass is 984 g/mol. The fourth-order valence-electron chi connectivity index (χ4n) is 7.02. The lowest BCUT2D eigenvalue weighted by atomic mass is 9.89. The molecule has 2 aromatic rings. The average molecular weight is 985 g/mol. The molecule has 16 nitrogen and oxygen atoms in total. The van der Waals surface area contributed by atoms with Gasteiger partial charge in [-0.15, -0.1) is 0 Å². The van der Waals surface area contributed by atoms with Gasteiger partial charge in [0.2, 0.25) is 0 Å². The first kappa shape index (κ1) is 55.5. The van der Waals surface area contributed by atoms with Gasteiger partial charge in [0.1, 0.15) is 47.2 Å². The molecule has 0 unspecified atom stereocenters. The first-order chi connectivity index (χ1) is 32.5. The third-order valence-corrected chi connectivity index (χ3v) is 10.3. The Labute approximate surface area is 407 Å². The van der Waals surface area contributed by atoms with Crippen molar-refractivity contribution in [1.82, 2.24) is 19.6 Å². The molecule has 0 atom stereocenters. The van der Waals surface area contributed by atoms with Crippen LogP contribution in [0, 0.1) is 0 Å². The normalized spacial score (nSPS) is 14.2. The Kier molecular flexibility index (Phi) is 19.7. The van der Waals surface area contributed by atoms with Gasteiger partial charge in [0.05, 0.1) is 17.9 Å². The van der Waals surface area contributed by atoms with E-state index in [9.17, 15) is 37.0 Å². The first-order valence-electron chi connectivity index (χ1n) is 22.9. The van der Waals surface area contributed by atoms with Gasteiger partial charge in [-0.05, 0) is 104 Å². The summed E-state index contributed by atoms with van der Waals surface area (Å²) in [5.41, 5.74) is -1.64. The summed E-state index contributed by atoms with van der Waals surface area (Å²) in [5.74, 6) is -0.909. The molecule has 69 heavy (non-hydrogen) atoms. The van der Waals surface area contributed by atoms with Gasteiger partial charge in [-0.2, -0.15) is 3.89 Å². The standard InChI is InChI=1S/C48H60F2N4O12S.C2H6/c1-46(2,3)64-43(58)52-19-17-51(18-20-53(44(59)65-47(4,5)6)22-24-54(23-21-52)45(60)66-48(7,8)9)41(56)31-10-13-34(37(28-31)42(57)62-25-16-49)40-35-14-11-32(55)29-38(35)63-39-30-33(12-15-36(39)40)61-26-27-67-50;1-2/h10-15,28-30H,16-27H2,1-9H3;1-2H3. The molecule has 0 radical (unpaired) electrons. The van der Waals surface area contributed by atoms with E-state index >= 15 is 0 Å². The van der Waals surface area contributed by atoms with E-state index in [2.05, 4.69) is 0 Å². The Balaban J connectivity index is 0.00000511. The van der Waals surface area contributed by atoms with Crippen molar-refractivity contribution in [3.8, 4) is 28.2 Å². The maximum Gasteiger partial charge on any atom is 0.410 e. The Morgan fingerprint density at radius 2 is 1.13 bits per heavy atom. The van der Waals surface area contributed by atoms with Gasteiger partial charge >= 0.3 is 24.2 Å². The number of carbonyl (C=O) groups is 5. The highest BCUT2D eigenvalue weighted by atomic mass is 32.2. The van der Waals surface area contributed by atoms with Crippen LogP contribution in [0.5, 0.6) is 5.75 Å². The number of hydrogen-bond donors (Lipinski definition) is 0. The average Bonchev–Trinajstić information content (AvgIpc) is 3.26. The van der Waals surface area contributed by atoms with E-state index in [0.717, 1.165) is 0 Å². The van der Waals surface area contributed by atoms with Gasteiger partial charge in [0.25, 0.3) is 5.91 Å². The number of fused-ring (bicyclic) bond motifs is 2. The van der Waals surface area contributed by atoms with Crippen molar-refractivity contribution < 1.29 is 60.4 Å². The SMILES string of the molecule is CC.CC(C)(C)OC(=O)N1CCN(C(=O)OC(C)(C)C)CCN(C(=O)c2ccc(-c3c4ccc(=O)cc-4oc4cc(OCCSF)ccc34)c(C(=O)OCCF)c2)CCN(C(=O)OC(C)(C)C)CC1. The number of nitrogens with zero attached hydrogens (tertiary/aromatic N) is 4. The van der Waals surface area contributed by atoms with E-state index in [1.807, 2.05) is 13.8 Å². The van der Waals surface area contributed by atoms with Crippen molar-refractivity contribution >= 4 is 53.3 Å². The highest BCUT2D eigenvalue weighted by Gasteiger charge is 2.32. The van der Waals surface area contributed by atoms with Crippen LogP contribution in [0.1, 0.15) is 96.9 Å².